The molecule has 1 fully saturated rings. The summed E-state index contributed by atoms with van der Waals surface area (Å²) in [6.45, 7) is 1.59. The van der Waals surface area contributed by atoms with Crippen molar-refractivity contribution in [2.75, 3.05) is 18.4 Å². The van der Waals surface area contributed by atoms with Crippen molar-refractivity contribution < 1.29 is 14.7 Å². The number of benzene rings is 2. The molecule has 1 aliphatic rings. The van der Waals surface area contributed by atoms with Crippen molar-refractivity contribution in [2.24, 2.45) is 5.73 Å². The predicted molar refractivity (Wildman–Crippen MR) is 111 cm³/mol. The number of rotatable bonds is 5. The first-order valence-corrected chi connectivity index (χ1v) is 9.53. The SMILES string of the molecule is NC(=O)c1cccc2c(NC3CNCC[C@@H]3c3ccccc3)c(C(=O)O)cnc12. The number of nitrogens with one attached hydrogen (secondary N) is 2. The highest BCUT2D eigenvalue weighted by molar-refractivity contribution is 6.11. The Labute approximate surface area is 167 Å². The number of nitrogens with zero attached hydrogens (tertiary/aromatic N) is 1. The summed E-state index contributed by atoms with van der Waals surface area (Å²) < 4.78 is 0. The number of nitrogens with two attached hydrogens (primary N) is 1. The van der Waals surface area contributed by atoms with E-state index in [1.54, 1.807) is 18.2 Å². The quantitative estimate of drug-likeness (QED) is 0.532. The van der Waals surface area contributed by atoms with Gasteiger partial charge in [-0.25, -0.2) is 4.79 Å². The highest BCUT2D eigenvalue weighted by atomic mass is 16.4. The number of carbonyl (C=O) groups excluding carboxylic acids is 1. The molecule has 3 aromatic rings. The number of hydrogen-bond acceptors (Lipinski definition) is 5. The van der Waals surface area contributed by atoms with Gasteiger partial charge in [0.2, 0.25) is 0 Å². The summed E-state index contributed by atoms with van der Waals surface area (Å²) in [6, 6.07) is 15.2. The number of primary amides is 1. The van der Waals surface area contributed by atoms with Gasteiger partial charge in [0.05, 0.1) is 16.8 Å². The first-order chi connectivity index (χ1) is 14.1. The maximum atomic E-state index is 11.9. The number of amides is 1. The predicted octanol–water partition coefficient (Wildman–Crippen LogP) is 2.59. The molecule has 7 nitrogen and oxygen atoms in total. The number of fused-ring (bicyclic) bond motifs is 1. The Balaban J connectivity index is 1.81. The number of pyridine rings is 1. The third kappa shape index (κ3) is 3.64. The van der Waals surface area contributed by atoms with Crippen LogP contribution in [0.25, 0.3) is 10.9 Å². The van der Waals surface area contributed by atoms with Gasteiger partial charge >= 0.3 is 5.97 Å². The molecular weight excluding hydrogens is 368 g/mol. The van der Waals surface area contributed by atoms with Crippen LogP contribution in [0.5, 0.6) is 0 Å². The minimum Gasteiger partial charge on any atom is -0.478 e. The Kier molecular flexibility index (Phi) is 5.14. The van der Waals surface area contributed by atoms with Crippen molar-refractivity contribution in [3.8, 4) is 0 Å². The van der Waals surface area contributed by atoms with Crippen LogP contribution < -0.4 is 16.4 Å². The summed E-state index contributed by atoms with van der Waals surface area (Å²) in [5.41, 5.74) is 7.88. The number of aromatic nitrogens is 1. The molecule has 1 unspecified atom stereocenters. The van der Waals surface area contributed by atoms with Crippen molar-refractivity contribution in [2.45, 2.75) is 18.4 Å². The van der Waals surface area contributed by atoms with Gasteiger partial charge in [-0.2, -0.15) is 0 Å². The average Bonchev–Trinajstić information content (AvgIpc) is 2.74. The number of aromatic carboxylic acids is 1. The summed E-state index contributed by atoms with van der Waals surface area (Å²) in [7, 11) is 0. The summed E-state index contributed by atoms with van der Waals surface area (Å²) in [4.78, 5) is 27.9. The molecule has 0 saturated carbocycles. The standard InChI is InChI=1S/C22H22N4O3/c23-21(27)16-8-4-7-15-19(16)25-11-17(22(28)29)20(15)26-18-12-24-10-9-14(18)13-5-2-1-3-6-13/h1-8,11,14,18,24H,9-10,12H2,(H2,23,27)(H,25,26)(H,28,29)/t14-,18?/m1/s1. The molecule has 2 aromatic carbocycles. The number of anilines is 1. The van der Waals surface area contributed by atoms with Crippen LogP contribution in [0.1, 0.15) is 38.6 Å². The zero-order valence-corrected chi connectivity index (χ0v) is 15.8. The first-order valence-electron chi connectivity index (χ1n) is 9.53. The van der Waals surface area contributed by atoms with E-state index in [9.17, 15) is 14.7 Å². The molecule has 1 amide bonds. The van der Waals surface area contributed by atoms with E-state index in [1.807, 2.05) is 18.2 Å². The van der Waals surface area contributed by atoms with Gasteiger partial charge in [0.1, 0.15) is 5.56 Å². The van der Waals surface area contributed by atoms with Crippen molar-refractivity contribution in [3.05, 3.63) is 71.4 Å². The van der Waals surface area contributed by atoms with Crippen molar-refractivity contribution >= 4 is 28.5 Å². The fraction of sp³-hybridized carbons (Fsp3) is 0.227. The van der Waals surface area contributed by atoms with E-state index in [2.05, 4.69) is 27.8 Å². The Morgan fingerprint density at radius 2 is 1.90 bits per heavy atom. The van der Waals surface area contributed by atoms with Crippen LogP contribution in [-0.2, 0) is 0 Å². The average molecular weight is 390 g/mol. The van der Waals surface area contributed by atoms with Crippen LogP contribution in [0.4, 0.5) is 5.69 Å². The van der Waals surface area contributed by atoms with Gasteiger partial charge < -0.3 is 21.5 Å². The Bertz CT molecular complexity index is 1070. The van der Waals surface area contributed by atoms with Gasteiger partial charge in [0.25, 0.3) is 5.91 Å². The highest BCUT2D eigenvalue weighted by Crippen LogP contribution is 2.33. The summed E-state index contributed by atoms with van der Waals surface area (Å²) in [5, 5.41) is 17.1. The third-order valence-corrected chi connectivity index (χ3v) is 5.43. The van der Waals surface area contributed by atoms with Gasteiger partial charge in [-0.3, -0.25) is 9.78 Å². The van der Waals surface area contributed by atoms with E-state index >= 15 is 0 Å². The number of carboxylic acids is 1. The highest BCUT2D eigenvalue weighted by Gasteiger charge is 2.28. The van der Waals surface area contributed by atoms with E-state index in [1.165, 1.54) is 11.8 Å². The number of piperidine rings is 1. The molecule has 0 bridgehead atoms. The molecule has 1 saturated heterocycles. The van der Waals surface area contributed by atoms with Crippen molar-refractivity contribution in [3.63, 3.8) is 0 Å². The smallest absolute Gasteiger partial charge is 0.339 e. The number of carbonyl (C=O) groups is 2. The van der Waals surface area contributed by atoms with Crippen molar-refractivity contribution in [1.29, 1.82) is 0 Å². The maximum Gasteiger partial charge on any atom is 0.339 e. The van der Waals surface area contributed by atoms with E-state index in [4.69, 9.17) is 5.73 Å². The van der Waals surface area contributed by atoms with Crippen LogP contribution in [-0.4, -0.2) is 41.1 Å². The molecule has 1 aliphatic heterocycles. The summed E-state index contributed by atoms with van der Waals surface area (Å²) in [5.74, 6) is -1.45. The second-order valence-corrected chi connectivity index (χ2v) is 7.18. The second-order valence-electron chi connectivity index (χ2n) is 7.18. The minimum absolute atomic E-state index is 0.0212. The van der Waals surface area contributed by atoms with Gasteiger partial charge in [-0.15, -0.1) is 0 Å². The molecule has 4 rings (SSSR count). The molecule has 2 heterocycles. The minimum atomic E-state index is -1.08. The molecule has 0 radical (unpaired) electrons. The van der Waals surface area contributed by atoms with E-state index < -0.39 is 11.9 Å². The number of hydrogen-bond donors (Lipinski definition) is 4. The van der Waals surface area contributed by atoms with Gasteiger partial charge in [0.15, 0.2) is 0 Å². The zero-order valence-electron chi connectivity index (χ0n) is 15.8. The molecule has 29 heavy (non-hydrogen) atoms. The van der Waals surface area contributed by atoms with E-state index in [-0.39, 0.29) is 23.1 Å². The second kappa shape index (κ2) is 7.89. The molecule has 7 heteroatoms. The lowest BCUT2D eigenvalue weighted by molar-refractivity contribution is 0.0697. The lowest BCUT2D eigenvalue weighted by atomic mass is 9.85. The fourth-order valence-corrected chi connectivity index (χ4v) is 4.03. The molecular formula is C22H22N4O3. The fourth-order valence-electron chi connectivity index (χ4n) is 4.03. The largest absolute Gasteiger partial charge is 0.478 e. The van der Waals surface area contributed by atoms with Crippen LogP contribution in [0.15, 0.2) is 54.7 Å². The molecule has 1 aromatic heterocycles. The van der Waals surface area contributed by atoms with Crippen LogP contribution in [0.3, 0.4) is 0 Å². The lowest BCUT2D eigenvalue weighted by Gasteiger charge is -2.34. The van der Waals surface area contributed by atoms with Crippen LogP contribution in [0.2, 0.25) is 0 Å². The van der Waals surface area contributed by atoms with Crippen LogP contribution in [0, 0.1) is 0 Å². The maximum absolute atomic E-state index is 11.9. The Morgan fingerprint density at radius 1 is 1.10 bits per heavy atom. The topological polar surface area (TPSA) is 117 Å². The Morgan fingerprint density at radius 3 is 2.62 bits per heavy atom. The van der Waals surface area contributed by atoms with Crippen LogP contribution >= 0.6 is 0 Å². The summed E-state index contributed by atoms with van der Waals surface area (Å²) >= 11 is 0. The zero-order chi connectivity index (χ0) is 20.4. The third-order valence-electron chi connectivity index (χ3n) is 5.43. The molecule has 0 spiro atoms. The molecule has 2 atom stereocenters. The molecule has 5 N–H and O–H groups in total. The van der Waals surface area contributed by atoms with E-state index in [0.717, 1.165) is 13.0 Å². The van der Waals surface area contributed by atoms with Gasteiger partial charge in [-0.1, -0.05) is 42.5 Å². The normalized spacial score (nSPS) is 19.0. The molecule has 148 valence electrons. The van der Waals surface area contributed by atoms with Gasteiger partial charge in [0, 0.05) is 30.1 Å². The van der Waals surface area contributed by atoms with E-state index in [0.29, 0.717) is 23.1 Å². The number of carboxylic acid groups (broad SMARTS) is 1. The van der Waals surface area contributed by atoms with Gasteiger partial charge in [-0.05, 0) is 24.6 Å². The lowest BCUT2D eigenvalue weighted by Crippen LogP contribution is -2.44. The summed E-state index contributed by atoms with van der Waals surface area (Å²) in [6.07, 6.45) is 2.22. The Hall–Kier alpha value is -3.45. The first kappa shape index (κ1) is 18.9. The number of para-hydroxylation sites is 1. The monoisotopic (exact) mass is 390 g/mol. The molecule has 0 aliphatic carbocycles. The van der Waals surface area contributed by atoms with Crippen molar-refractivity contribution in [1.82, 2.24) is 10.3 Å².